The predicted octanol–water partition coefficient (Wildman–Crippen LogP) is 0.0565. The lowest BCUT2D eigenvalue weighted by molar-refractivity contribution is -0.208. The summed E-state index contributed by atoms with van der Waals surface area (Å²) in [6.45, 7) is 5.49. The Morgan fingerprint density at radius 2 is 1.65 bits per heavy atom. The molecule has 2 saturated heterocycles. The van der Waals surface area contributed by atoms with Crippen molar-refractivity contribution in [1.29, 1.82) is 0 Å². The van der Waals surface area contributed by atoms with Crippen LogP contribution in [0.4, 0.5) is 4.79 Å². The van der Waals surface area contributed by atoms with Gasteiger partial charge in [-0.05, 0) is 13.8 Å². The molecule has 0 aliphatic carbocycles. The van der Waals surface area contributed by atoms with Crippen LogP contribution in [-0.2, 0) is 37.9 Å². The molecule has 26 heavy (non-hydrogen) atoms. The van der Waals surface area contributed by atoms with E-state index in [-0.39, 0.29) is 37.6 Å². The summed E-state index contributed by atoms with van der Waals surface area (Å²) in [5.41, 5.74) is 0. The van der Waals surface area contributed by atoms with E-state index < -0.39 is 12.6 Å². The van der Waals surface area contributed by atoms with Crippen molar-refractivity contribution in [2.75, 3.05) is 52.9 Å². The maximum Gasteiger partial charge on any atom is 0.508 e. The molecule has 0 aromatic heterocycles. The fourth-order valence-electron chi connectivity index (χ4n) is 2.29. The summed E-state index contributed by atoms with van der Waals surface area (Å²) in [5.74, 6) is 0. The number of carbonyl (C=O) groups excluding carboxylic acids is 1. The Balaban J connectivity index is 1.38. The third-order valence-corrected chi connectivity index (χ3v) is 3.58. The molecule has 0 saturated carbocycles. The van der Waals surface area contributed by atoms with Gasteiger partial charge >= 0.3 is 6.16 Å². The molecule has 0 amide bonds. The van der Waals surface area contributed by atoms with Crippen LogP contribution in [0, 0.1) is 0 Å². The van der Waals surface area contributed by atoms with Crippen molar-refractivity contribution in [2.24, 2.45) is 0 Å². The van der Waals surface area contributed by atoms with Gasteiger partial charge < -0.3 is 43.0 Å². The highest BCUT2D eigenvalue weighted by atomic mass is 16.8. The summed E-state index contributed by atoms with van der Waals surface area (Å²) < 4.78 is 41.5. The first kappa shape index (κ1) is 21.3. The Morgan fingerprint density at radius 3 is 2.15 bits per heavy atom. The lowest BCUT2D eigenvalue weighted by Crippen LogP contribution is -2.26. The first-order valence-corrected chi connectivity index (χ1v) is 8.70. The molecular weight excluding hydrogens is 352 g/mol. The molecule has 0 bridgehead atoms. The van der Waals surface area contributed by atoms with Crippen molar-refractivity contribution in [3.63, 3.8) is 0 Å². The van der Waals surface area contributed by atoms with Gasteiger partial charge in [0.15, 0.2) is 6.10 Å². The third-order valence-electron chi connectivity index (χ3n) is 3.58. The molecule has 0 aromatic rings. The van der Waals surface area contributed by atoms with E-state index in [1.807, 2.05) is 13.8 Å². The number of cyclic esters (lactones) is 2. The molecule has 2 aliphatic heterocycles. The van der Waals surface area contributed by atoms with Crippen molar-refractivity contribution in [2.45, 2.75) is 44.7 Å². The van der Waals surface area contributed by atoms with E-state index in [0.29, 0.717) is 39.6 Å². The van der Waals surface area contributed by atoms with Gasteiger partial charge in [-0.1, -0.05) is 0 Å². The van der Waals surface area contributed by atoms with E-state index in [1.54, 1.807) is 0 Å². The van der Waals surface area contributed by atoms with Gasteiger partial charge in [-0.25, -0.2) is 4.79 Å². The third kappa shape index (κ3) is 8.58. The highest BCUT2D eigenvalue weighted by Crippen LogP contribution is 2.09. The van der Waals surface area contributed by atoms with Crippen LogP contribution in [0.15, 0.2) is 0 Å². The van der Waals surface area contributed by atoms with Crippen LogP contribution >= 0.6 is 0 Å². The highest BCUT2D eigenvalue weighted by Gasteiger charge is 2.25. The number of aliphatic hydroxyl groups excluding tert-OH is 1. The topological polar surface area (TPSA) is 111 Å². The minimum absolute atomic E-state index is 0.0885. The fourth-order valence-corrected chi connectivity index (χ4v) is 2.29. The number of carbonyl (C=O) groups is 1. The molecule has 152 valence electrons. The van der Waals surface area contributed by atoms with Crippen molar-refractivity contribution in [3.05, 3.63) is 0 Å². The number of ether oxygens (including phenoxy) is 8. The van der Waals surface area contributed by atoms with Gasteiger partial charge in [-0.15, -0.1) is 0 Å². The molecular formula is C16H28O10. The van der Waals surface area contributed by atoms with Gasteiger partial charge in [-0.3, -0.25) is 0 Å². The summed E-state index contributed by atoms with van der Waals surface area (Å²) in [7, 11) is 0. The van der Waals surface area contributed by atoms with E-state index in [9.17, 15) is 4.79 Å². The Morgan fingerprint density at radius 1 is 1.04 bits per heavy atom. The fraction of sp³-hybridized carbons (Fsp3) is 0.938. The number of hydrogen-bond donors (Lipinski definition) is 1. The van der Waals surface area contributed by atoms with E-state index in [0.717, 1.165) is 0 Å². The Bertz CT molecular complexity index is 406. The molecule has 0 radical (unpaired) electrons. The highest BCUT2D eigenvalue weighted by molar-refractivity contribution is 5.61. The second kappa shape index (κ2) is 11.7. The van der Waals surface area contributed by atoms with Crippen LogP contribution in [0.5, 0.6) is 0 Å². The van der Waals surface area contributed by atoms with E-state index in [1.165, 1.54) is 0 Å². The van der Waals surface area contributed by atoms with Crippen LogP contribution in [-0.4, -0.2) is 95.0 Å². The minimum atomic E-state index is -1.15. The van der Waals surface area contributed by atoms with Gasteiger partial charge in [0, 0.05) is 0 Å². The van der Waals surface area contributed by atoms with E-state index in [2.05, 4.69) is 4.74 Å². The normalized spacial score (nSPS) is 28.0. The van der Waals surface area contributed by atoms with Gasteiger partial charge in [0.05, 0.1) is 58.5 Å². The summed E-state index contributed by atoms with van der Waals surface area (Å²) in [6, 6.07) is 0. The Kier molecular flexibility index (Phi) is 9.54. The number of hydrogen-bond acceptors (Lipinski definition) is 10. The zero-order chi connectivity index (χ0) is 18.8. The molecule has 10 heteroatoms. The predicted molar refractivity (Wildman–Crippen MR) is 85.5 cm³/mol. The SMILES string of the molecule is CC(COCC1COC(=O)O1)OCCOC(C)COCC1COC(O)O1. The summed E-state index contributed by atoms with van der Waals surface area (Å²) in [6.07, 6.45) is -1.44. The largest absolute Gasteiger partial charge is 0.508 e. The molecule has 2 aliphatic rings. The molecule has 1 N–H and O–H groups in total. The molecule has 0 aromatic carbocycles. The van der Waals surface area contributed by atoms with Gasteiger partial charge in [0.1, 0.15) is 12.7 Å². The summed E-state index contributed by atoms with van der Waals surface area (Å²) in [4.78, 5) is 10.8. The molecule has 2 rings (SSSR count). The van der Waals surface area contributed by atoms with Crippen LogP contribution in [0.1, 0.15) is 13.8 Å². The quantitative estimate of drug-likeness (QED) is 0.348. The van der Waals surface area contributed by atoms with Crippen LogP contribution in [0.3, 0.4) is 0 Å². The molecule has 2 heterocycles. The van der Waals surface area contributed by atoms with Crippen molar-refractivity contribution >= 4 is 6.16 Å². The molecule has 10 nitrogen and oxygen atoms in total. The first-order valence-electron chi connectivity index (χ1n) is 8.70. The first-order chi connectivity index (χ1) is 12.5. The minimum Gasteiger partial charge on any atom is -0.430 e. The van der Waals surface area contributed by atoms with Crippen molar-refractivity contribution in [3.8, 4) is 0 Å². The van der Waals surface area contributed by atoms with E-state index in [4.69, 9.17) is 38.3 Å². The van der Waals surface area contributed by atoms with Gasteiger partial charge in [-0.2, -0.15) is 0 Å². The van der Waals surface area contributed by atoms with Gasteiger partial charge in [0.25, 0.3) is 6.48 Å². The van der Waals surface area contributed by atoms with Crippen LogP contribution < -0.4 is 0 Å². The summed E-state index contributed by atoms with van der Waals surface area (Å²) >= 11 is 0. The monoisotopic (exact) mass is 380 g/mol. The van der Waals surface area contributed by atoms with Crippen molar-refractivity contribution < 1.29 is 47.8 Å². The van der Waals surface area contributed by atoms with Gasteiger partial charge in [0.2, 0.25) is 0 Å². The zero-order valence-electron chi connectivity index (χ0n) is 15.2. The Hall–Kier alpha value is -1.01. The number of rotatable bonds is 13. The average Bonchev–Trinajstić information content (AvgIpc) is 3.20. The van der Waals surface area contributed by atoms with Crippen molar-refractivity contribution in [1.82, 2.24) is 0 Å². The standard InChI is InChI=1S/C16H28O10/c1-11(5-19-7-13-9-23-15(17)25-13)21-3-4-22-12(2)6-20-8-14-10-24-16(18)26-14/h11-15,17H,3-10H2,1-2H3. The van der Waals surface area contributed by atoms with Crippen LogP contribution in [0.25, 0.3) is 0 Å². The Labute approximate surface area is 152 Å². The molecule has 5 unspecified atom stereocenters. The maximum absolute atomic E-state index is 10.8. The molecule has 2 fully saturated rings. The molecule has 0 spiro atoms. The molecule has 5 atom stereocenters. The van der Waals surface area contributed by atoms with Crippen LogP contribution in [0.2, 0.25) is 0 Å². The maximum atomic E-state index is 10.8. The second-order valence-electron chi connectivity index (χ2n) is 6.14. The van der Waals surface area contributed by atoms with E-state index >= 15 is 0 Å². The number of aliphatic hydroxyl groups is 1. The smallest absolute Gasteiger partial charge is 0.430 e. The lowest BCUT2D eigenvalue weighted by atomic mass is 10.4. The zero-order valence-corrected chi connectivity index (χ0v) is 15.2. The summed E-state index contributed by atoms with van der Waals surface area (Å²) in [5, 5.41) is 9.04. The lowest BCUT2D eigenvalue weighted by Gasteiger charge is -2.17. The average molecular weight is 380 g/mol. The second-order valence-corrected chi connectivity index (χ2v) is 6.14.